The fourth-order valence-corrected chi connectivity index (χ4v) is 2.97. The molecule has 1 fully saturated rings. The lowest BCUT2D eigenvalue weighted by Gasteiger charge is -2.34. The van der Waals surface area contributed by atoms with Gasteiger partial charge in [-0.15, -0.1) is 0 Å². The largest absolute Gasteiger partial charge is 0.465 e. The van der Waals surface area contributed by atoms with Crippen molar-refractivity contribution in [1.82, 2.24) is 19.8 Å². The van der Waals surface area contributed by atoms with E-state index in [9.17, 15) is 19.5 Å². The summed E-state index contributed by atoms with van der Waals surface area (Å²) in [6.07, 6.45) is 1.91. The van der Waals surface area contributed by atoms with E-state index in [-0.39, 0.29) is 25.4 Å². The van der Waals surface area contributed by atoms with Crippen LogP contribution in [-0.4, -0.2) is 50.1 Å². The van der Waals surface area contributed by atoms with Gasteiger partial charge in [0.15, 0.2) is 0 Å². The van der Waals surface area contributed by atoms with Crippen molar-refractivity contribution in [2.75, 3.05) is 6.54 Å². The molecule has 3 amide bonds. The van der Waals surface area contributed by atoms with Gasteiger partial charge in [-0.2, -0.15) is 0 Å². The summed E-state index contributed by atoms with van der Waals surface area (Å²) in [6, 6.07) is -1.02. The lowest BCUT2D eigenvalue weighted by Crippen LogP contribution is -2.55. The van der Waals surface area contributed by atoms with Crippen LogP contribution in [-0.2, 0) is 21.7 Å². The van der Waals surface area contributed by atoms with Gasteiger partial charge in [0, 0.05) is 18.8 Å². The third-order valence-electron chi connectivity index (χ3n) is 3.92. The van der Waals surface area contributed by atoms with Gasteiger partial charge in [0.1, 0.15) is 17.4 Å². The van der Waals surface area contributed by atoms with Gasteiger partial charge >= 0.3 is 6.09 Å². The maximum atomic E-state index is 12.3. The zero-order chi connectivity index (χ0) is 14.5. The van der Waals surface area contributed by atoms with Gasteiger partial charge in [0.25, 0.3) is 0 Å². The van der Waals surface area contributed by atoms with E-state index >= 15 is 0 Å². The fraction of sp³-hybridized carbons (Fsp3) is 0.455. The molecule has 0 radical (unpaired) electrons. The van der Waals surface area contributed by atoms with E-state index in [4.69, 9.17) is 5.73 Å². The van der Waals surface area contributed by atoms with Crippen LogP contribution in [0.4, 0.5) is 4.79 Å². The van der Waals surface area contributed by atoms with Crippen molar-refractivity contribution in [3.63, 3.8) is 0 Å². The highest BCUT2D eigenvalue weighted by atomic mass is 16.4. The summed E-state index contributed by atoms with van der Waals surface area (Å²) in [6.45, 7) is 0.160. The molecule has 1 spiro atoms. The zero-order valence-corrected chi connectivity index (χ0v) is 10.4. The minimum absolute atomic E-state index is 0.0177. The molecule has 0 unspecified atom stereocenters. The molecule has 20 heavy (non-hydrogen) atoms. The third kappa shape index (κ3) is 1.49. The van der Waals surface area contributed by atoms with Gasteiger partial charge in [-0.25, -0.2) is 9.78 Å². The van der Waals surface area contributed by atoms with E-state index in [0.29, 0.717) is 5.82 Å². The molecule has 1 aromatic rings. The summed E-state index contributed by atoms with van der Waals surface area (Å²) in [5.41, 5.74) is 4.11. The number of hydrogen-bond acceptors (Lipinski definition) is 4. The Morgan fingerprint density at radius 1 is 1.55 bits per heavy atom. The van der Waals surface area contributed by atoms with Crippen LogP contribution in [0.3, 0.4) is 0 Å². The van der Waals surface area contributed by atoms with Crippen LogP contribution in [0.5, 0.6) is 0 Å². The van der Waals surface area contributed by atoms with Crippen LogP contribution >= 0.6 is 0 Å². The Labute approximate surface area is 113 Å². The molecule has 9 heteroatoms. The first-order valence-corrected chi connectivity index (χ1v) is 6.05. The molecule has 2 aliphatic rings. The minimum atomic E-state index is -1.27. The molecule has 0 aliphatic carbocycles. The van der Waals surface area contributed by atoms with E-state index in [1.54, 1.807) is 17.0 Å². The van der Waals surface area contributed by atoms with Crippen molar-refractivity contribution in [2.45, 2.75) is 24.5 Å². The van der Waals surface area contributed by atoms with Crippen LogP contribution in [0.25, 0.3) is 0 Å². The molecule has 1 saturated heterocycles. The van der Waals surface area contributed by atoms with Gasteiger partial charge < -0.3 is 20.7 Å². The Hall–Kier alpha value is -2.58. The van der Waals surface area contributed by atoms with E-state index in [2.05, 4.69) is 10.3 Å². The maximum Gasteiger partial charge on any atom is 0.408 e. The van der Waals surface area contributed by atoms with Crippen LogP contribution < -0.4 is 11.1 Å². The van der Waals surface area contributed by atoms with Crippen molar-refractivity contribution >= 4 is 17.9 Å². The van der Waals surface area contributed by atoms with Crippen molar-refractivity contribution in [2.24, 2.45) is 5.73 Å². The van der Waals surface area contributed by atoms with E-state index in [1.165, 1.54) is 0 Å². The van der Waals surface area contributed by atoms with Gasteiger partial charge in [-0.3, -0.25) is 14.5 Å². The van der Waals surface area contributed by atoms with E-state index < -0.39 is 23.6 Å². The number of nitrogens with one attached hydrogen (secondary N) is 1. The van der Waals surface area contributed by atoms with E-state index in [1.807, 2.05) is 0 Å². The third-order valence-corrected chi connectivity index (χ3v) is 3.92. The second kappa shape index (κ2) is 3.95. The number of nitrogens with two attached hydrogens (primary N) is 1. The smallest absolute Gasteiger partial charge is 0.408 e. The van der Waals surface area contributed by atoms with Crippen molar-refractivity contribution < 1.29 is 19.5 Å². The number of carbonyl (C=O) groups excluding carboxylic acids is 2. The lowest BCUT2D eigenvalue weighted by molar-refractivity contribution is -0.131. The van der Waals surface area contributed by atoms with Crippen molar-refractivity contribution in [3.05, 3.63) is 18.2 Å². The van der Waals surface area contributed by atoms with Gasteiger partial charge in [0.05, 0.1) is 13.1 Å². The molecule has 1 aromatic heterocycles. The van der Waals surface area contributed by atoms with Gasteiger partial charge in [-0.1, -0.05) is 0 Å². The number of carboxylic acid groups (broad SMARTS) is 1. The Balaban J connectivity index is 2.08. The highest BCUT2D eigenvalue weighted by Gasteiger charge is 2.55. The number of primary amides is 1. The number of aromatic nitrogens is 2. The predicted octanol–water partition coefficient (Wildman–Crippen LogP) is -1.55. The first-order valence-electron chi connectivity index (χ1n) is 6.05. The average Bonchev–Trinajstić information content (AvgIpc) is 3.00. The quantitative estimate of drug-likeness (QED) is 0.572. The first-order chi connectivity index (χ1) is 9.45. The van der Waals surface area contributed by atoms with Crippen molar-refractivity contribution in [1.29, 1.82) is 0 Å². The molecule has 2 aliphatic heterocycles. The number of rotatable bonds is 1. The molecule has 0 saturated carbocycles. The number of imidazole rings is 1. The number of amides is 3. The highest BCUT2D eigenvalue weighted by molar-refractivity contribution is 5.91. The summed E-state index contributed by atoms with van der Waals surface area (Å²) < 4.78 is 1.64. The number of hydrogen-bond donors (Lipinski definition) is 3. The number of carbonyl (C=O) groups is 3. The topological polar surface area (TPSA) is 131 Å². The Kier molecular flexibility index (Phi) is 2.46. The zero-order valence-electron chi connectivity index (χ0n) is 10.4. The predicted molar refractivity (Wildman–Crippen MR) is 64.4 cm³/mol. The van der Waals surface area contributed by atoms with Crippen molar-refractivity contribution in [3.8, 4) is 0 Å². The minimum Gasteiger partial charge on any atom is -0.465 e. The van der Waals surface area contributed by atoms with Crippen LogP contribution in [0.15, 0.2) is 12.4 Å². The average molecular weight is 279 g/mol. The molecule has 4 N–H and O–H groups in total. The first kappa shape index (κ1) is 12.5. The molecule has 106 valence electrons. The van der Waals surface area contributed by atoms with Crippen LogP contribution in [0.1, 0.15) is 12.2 Å². The maximum absolute atomic E-state index is 12.3. The normalized spacial score (nSPS) is 28.3. The molecule has 3 heterocycles. The summed E-state index contributed by atoms with van der Waals surface area (Å²) in [4.78, 5) is 40.0. The summed E-state index contributed by atoms with van der Waals surface area (Å²) in [5, 5.41) is 11.9. The molecular weight excluding hydrogens is 266 g/mol. The standard InChI is InChI=1S/C11H13N5O4/c12-8(17)6-3-11(5-15(6)10(19)20)9(18)14-4-7-13-1-2-16(7)11/h1-2,6H,3-5H2,(H2,12,17)(H,14,18)(H,19,20)/t6-,11+/m0/s1. The highest BCUT2D eigenvalue weighted by Crippen LogP contribution is 2.36. The Morgan fingerprint density at radius 3 is 2.90 bits per heavy atom. The second-order valence-electron chi connectivity index (χ2n) is 4.96. The monoisotopic (exact) mass is 279 g/mol. The van der Waals surface area contributed by atoms with Gasteiger partial charge in [-0.05, 0) is 0 Å². The molecule has 9 nitrogen and oxygen atoms in total. The molecule has 2 atom stereocenters. The Bertz CT molecular complexity index is 588. The second-order valence-corrected chi connectivity index (χ2v) is 4.96. The number of likely N-dealkylation sites (tertiary alicyclic amines) is 1. The van der Waals surface area contributed by atoms with E-state index in [0.717, 1.165) is 4.90 Å². The lowest BCUT2D eigenvalue weighted by atomic mass is 9.92. The number of fused-ring (bicyclic) bond motifs is 2. The molecular formula is C11H13N5O4. The summed E-state index contributed by atoms with van der Waals surface area (Å²) in [5.74, 6) is -0.456. The number of nitrogens with zero attached hydrogens (tertiary/aromatic N) is 3. The van der Waals surface area contributed by atoms with Gasteiger partial charge in [0.2, 0.25) is 11.8 Å². The summed E-state index contributed by atoms with van der Waals surface area (Å²) in [7, 11) is 0. The van der Waals surface area contributed by atoms with Crippen LogP contribution in [0.2, 0.25) is 0 Å². The summed E-state index contributed by atoms with van der Waals surface area (Å²) >= 11 is 0. The Morgan fingerprint density at radius 2 is 2.30 bits per heavy atom. The molecule has 3 rings (SSSR count). The fourth-order valence-electron chi connectivity index (χ4n) is 2.97. The van der Waals surface area contributed by atoms with Crippen LogP contribution in [0, 0.1) is 0 Å². The SMILES string of the molecule is NC(=O)[C@@H]1C[C@@]2(CN1C(=O)O)C(=O)NCc1nccn12. The molecule has 0 aromatic carbocycles. The molecule has 0 bridgehead atoms.